The third-order valence-electron chi connectivity index (χ3n) is 5.60. The van der Waals surface area contributed by atoms with Crippen molar-refractivity contribution in [3.05, 3.63) is 23.8 Å². The number of fused-ring (bicyclic) bond motifs is 2. The molecule has 4 rings (SSSR count). The van der Waals surface area contributed by atoms with Crippen LogP contribution in [0.2, 0.25) is 0 Å². The van der Waals surface area contributed by atoms with Crippen molar-refractivity contribution in [2.75, 3.05) is 45.9 Å². The smallest absolute Gasteiger partial charge is 0.220 e. The number of benzene rings is 1. The van der Waals surface area contributed by atoms with Crippen molar-refractivity contribution in [2.24, 2.45) is 5.41 Å². The number of hydrogen-bond donors (Lipinski definition) is 3. The standard InChI is InChI=1S/C19H27N3O3/c23-17-6-2-7-20-8-3-9-24-16-5-1-4-14-15-10-21-11-19(15,12-22-17)13-25-18(14)16/h1,4-5,15,20-21H,2-3,6-13H2,(H,22,23)/t15-,19-/m0/s1. The summed E-state index contributed by atoms with van der Waals surface area (Å²) in [5, 5.41) is 10.0. The van der Waals surface area contributed by atoms with Crippen LogP contribution >= 0.6 is 0 Å². The number of nitrogens with one attached hydrogen (secondary N) is 3. The van der Waals surface area contributed by atoms with Gasteiger partial charge in [-0.3, -0.25) is 4.79 Å². The van der Waals surface area contributed by atoms with Gasteiger partial charge in [0.2, 0.25) is 5.91 Å². The Morgan fingerprint density at radius 2 is 2.00 bits per heavy atom. The zero-order valence-electron chi connectivity index (χ0n) is 14.6. The lowest BCUT2D eigenvalue weighted by Gasteiger charge is -2.40. The van der Waals surface area contributed by atoms with Gasteiger partial charge in [0.25, 0.3) is 0 Å². The molecule has 1 saturated heterocycles. The number of amides is 1. The first-order valence-electron chi connectivity index (χ1n) is 9.35. The van der Waals surface area contributed by atoms with Crippen LogP contribution in [0.3, 0.4) is 0 Å². The molecule has 2 atom stereocenters. The number of carbonyl (C=O) groups excluding carboxylic acids is 1. The Hall–Kier alpha value is -1.79. The summed E-state index contributed by atoms with van der Waals surface area (Å²) in [5.74, 6) is 2.21. The van der Waals surface area contributed by atoms with E-state index < -0.39 is 0 Å². The Balaban J connectivity index is 1.62. The van der Waals surface area contributed by atoms with E-state index in [0.717, 1.165) is 50.5 Å². The molecule has 25 heavy (non-hydrogen) atoms. The molecule has 3 aliphatic rings. The average Bonchev–Trinajstić information content (AvgIpc) is 3.06. The molecule has 0 aromatic heterocycles. The average molecular weight is 345 g/mol. The number of para-hydroxylation sites is 1. The highest BCUT2D eigenvalue weighted by Gasteiger charge is 2.48. The summed E-state index contributed by atoms with van der Waals surface area (Å²) >= 11 is 0. The molecule has 0 saturated carbocycles. The van der Waals surface area contributed by atoms with Gasteiger partial charge in [0.05, 0.1) is 13.2 Å². The highest BCUT2D eigenvalue weighted by Crippen LogP contribution is 2.49. The quantitative estimate of drug-likeness (QED) is 0.655. The fourth-order valence-electron chi connectivity index (χ4n) is 4.17. The second kappa shape index (κ2) is 7.22. The molecule has 3 aliphatic heterocycles. The van der Waals surface area contributed by atoms with E-state index in [1.54, 1.807) is 0 Å². The summed E-state index contributed by atoms with van der Waals surface area (Å²) in [6.45, 7) is 5.48. The van der Waals surface area contributed by atoms with Gasteiger partial charge in [0.1, 0.15) is 0 Å². The molecule has 0 unspecified atom stereocenters. The topological polar surface area (TPSA) is 71.6 Å². The lowest BCUT2D eigenvalue weighted by atomic mass is 9.73. The molecule has 3 N–H and O–H groups in total. The molecule has 3 heterocycles. The van der Waals surface area contributed by atoms with Crippen molar-refractivity contribution in [3.8, 4) is 11.5 Å². The Bertz CT molecular complexity index is 636. The van der Waals surface area contributed by atoms with Crippen LogP contribution in [0.25, 0.3) is 0 Å². The lowest BCUT2D eigenvalue weighted by molar-refractivity contribution is -0.121. The largest absolute Gasteiger partial charge is 0.490 e. The van der Waals surface area contributed by atoms with Crippen molar-refractivity contribution in [3.63, 3.8) is 0 Å². The van der Waals surface area contributed by atoms with Gasteiger partial charge in [0, 0.05) is 43.0 Å². The first kappa shape index (κ1) is 16.7. The van der Waals surface area contributed by atoms with E-state index >= 15 is 0 Å². The van der Waals surface area contributed by atoms with Crippen LogP contribution in [0.4, 0.5) is 0 Å². The Morgan fingerprint density at radius 1 is 1.08 bits per heavy atom. The Kier molecular flexibility index (Phi) is 4.81. The summed E-state index contributed by atoms with van der Waals surface area (Å²) in [4.78, 5) is 12.2. The lowest BCUT2D eigenvalue weighted by Crippen LogP contribution is -2.48. The van der Waals surface area contributed by atoms with Gasteiger partial charge >= 0.3 is 0 Å². The predicted molar refractivity (Wildman–Crippen MR) is 95.2 cm³/mol. The molecule has 6 heteroatoms. The van der Waals surface area contributed by atoms with Gasteiger partial charge in [-0.2, -0.15) is 0 Å². The van der Waals surface area contributed by atoms with Crippen LogP contribution in [-0.2, 0) is 4.79 Å². The summed E-state index contributed by atoms with van der Waals surface area (Å²) in [7, 11) is 0. The molecular formula is C19H27N3O3. The van der Waals surface area contributed by atoms with Crippen molar-refractivity contribution in [2.45, 2.75) is 25.2 Å². The number of rotatable bonds is 0. The van der Waals surface area contributed by atoms with Crippen molar-refractivity contribution < 1.29 is 14.3 Å². The number of carbonyl (C=O) groups is 1. The fourth-order valence-corrected chi connectivity index (χ4v) is 4.17. The molecule has 1 aromatic carbocycles. The summed E-state index contributed by atoms with van der Waals surface area (Å²) in [5.41, 5.74) is 1.13. The molecular weight excluding hydrogens is 318 g/mol. The molecule has 2 bridgehead atoms. The molecule has 0 aliphatic carbocycles. The van der Waals surface area contributed by atoms with Crippen LogP contribution in [0, 0.1) is 5.41 Å². The normalized spacial score (nSPS) is 30.1. The Morgan fingerprint density at radius 3 is 2.96 bits per heavy atom. The van der Waals surface area contributed by atoms with Crippen molar-refractivity contribution >= 4 is 5.91 Å². The zero-order valence-corrected chi connectivity index (χ0v) is 14.6. The minimum atomic E-state index is -0.0728. The van der Waals surface area contributed by atoms with E-state index in [4.69, 9.17) is 9.47 Å². The maximum absolute atomic E-state index is 12.2. The minimum Gasteiger partial charge on any atom is -0.490 e. The first-order valence-corrected chi connectivity index (χ1v) is 9.35. The highest BCUT2D eigenvalue weighted by atomic mass is 16.5. The molecule has 1 aromatic rings. The molecule has 0 radical (unpaired) electrons. The second-order valence-corrected chi connectivity index (χ2v) is 7.34. The number of hydrogen-bond acceptors (Lipinski definition) is 5. The van der Waals surface area contributed by atoms with E-state index in [1.807, 2.05) is 12.1 Å². The van der Waals surface area contributed by atoms with Gasteiger partial charge in [-0.1, -0.05) is 12.1 Å². The minimum absolute atomic E-state index is 0.0728. The van der Waals surface area contributed by atoms with E-state index in [2.05, 4.69) is 22.0 Å². The van der Waals surface area contributed by atoms with Crippen molar-refractivity contribution in [1.82, 2.24) is 16.0 Å². The van der Waals surface area contributed by atoms with Crippen LogP contribution in [0.15, 0.2) is 18.2 Å². The second-order valence-electron chi connectivity index (χ2n) is 7.34. The summed E-state index contributed by atoms with van der Waals surface area (Å²) in [6, 6.07) is 6.18. The summed E-state index contributed by atoms with van der Waals surface area (Å²) in [6.07, 6.45) is 2.37. The number of ether oxygens (including phenoxy) is 2. The van der Waals surface area contributed by atoms with Gasteiger partial charge < -0.3 is 25.4 Å². The highest BCUT2D eigenvalue weighted by molar-refractivity contribution is 5.76. The van der Waals surface area contributed by atoms with Gasteiger partial charge in [-0.15, -0.1) is 0 Å². The van der Waals surface area contributed by atoms with Gasteiger partial charge in [0.15, 0.2) is 11.5 Å². The van der Waals surface area contributed by atoms with Crippen LogP contribution in [0.5, 0.6) is 11.5 Å². The maximum atomic E-state index is 12.2. The van der Waals surface area contributed by atoms with Gasteiger partial charge in [-0.05, 0) is 32.0 Å². The molecule has 1 spiro atoms. The zero-order chi connectivity index (χ0) is 17.1. The Labute approximate surface area is 148 Å². The van der Waals surface area contributed by atoms with Crippen molar-refractivity contribution in [1.29, 1.82) is 0 Å². The first-order chi connectivity index (χ1) is 12.3. The van der Waals surface area contributed by atoms with E-state index in [1.165, 1.54) is 5.56 Å². The van der Waals surface area contributed by atoms with Crippen LogP contribution in [0.1, 0.15) is 30.7 Å². The SMILES string of the molecule is O=C1CCCNCCCOc2cccc3c2OC[C@]2(CNC[C@@H]32)CN1. The molecule has 6 nitrogen and oxygen atoms in total. The monoisotopic (exact) mass is 345 g/mol. The van der Waals surface area contributed by atoms with E-state index in [9.17, 15) is 4.79 Å². The third kappa shape index (κ3) is 3.33. The molecule has 1 amide bonds. The van der Waals surface area contributed by atoms with Crippen LogP contribution in [-0.4, -0.2) is 51.8 Å². The summed E-state index contributed by atoms with van der Waals surface area (Å²) < 4.78 is 12.2. The maximum Gasteiger partial charge on any atom is 0.220 e. The van der Waals surface area contributed by atoms with E-state index in [-0.39, 0.29) is 11.3 Å². The van der Waals surface area contributed by atoms with E-state index in [0.29, 0.717) is 32.1 Å². The third-order valence-corrected chi connectivity index (χ3v) is 5.60. The molecule has 136 valence electrons. The fraction of sp³-hybridized carbons (Fsp3) is 0.632. The predicted octanol–water partition coefficient (Wildman–Crippen LogP) is 1.02. The van der Waals surface area contributed by atoms with Crippen LogP contribution < -0.4 is 25.4 Å². The van der Waals surface area contributed by atoms with Gasteiger partial charge in [-0.25, -0.2) is 0 Å². The molecule has 1 fully saturated rings.